The van der Waals surface area contributed by atoms with Crippen LogP contribution in [0.3, 0.4) is 0 Å². The standard InChI is InChI=1S/C20H17F3N4O/c1-28-15-6-3-2-5-13(15)18-17-14(12-7-8-12)11-16(20(21,22)23)25-19(17)27(26-18)10-4-9-24/h2-3,5-6,11-12H,4,7-8,10H2,1H3. The maximum Gasteiger partial charge on any atom is 0.433 e. The fourth-order valence-electron chi connectivity index (χ4n) is 3.40. The normalized spacial score (nSPS) is 14.2. The van der Waals surface area contributed by atoms with E-state index in [-0.39, 0.29) is 24.5 Å². The van der Waals surface area contributed by atoms with Crippen molar-refractivity contribution in [3.63, 3.8) is 0 Å². The van der Waals surface area contributed by atoms with Gasteiger partial charge in [0, 0.05) is 5.56 Å². The summed E-state index contributed by atoms with van der Waals surface area (Å²) in [4.78, 5) is 3.90. The molecule has 0 N–H and O–H groups in total. The molecular weight excluding hydrogens is 369 g/mol. The minimum atomic E-state index is -4.55. The van der Waals surface area contributed by atoms with Crippen LogP contribution in [0.15, 0.2) is 30.3 Å². The summed E-state index contributed by atoms with van der Waals surface area (Å²) in [5.41, 5.74) is 1.07. The van der Waals surface area contributed by atoms with Gasteiger partial charge in [-0.2, -0.15) is 23.5 Å². The van der Waals surface area contributed by atoms with Gasteiger partial charge in [-0.15, -0.1) is 0 Å². The SMILES string of the molecule is COc1ccccc1-c1nn(CCC#N)c2nc(C(F)(F)F)cc(C3CC3)c12. The number of halogens is 3. The van der Waals surface area contributed by atoms with Gasteiger partial charge in [-0.3, -0.25) is 0 Å². The van der Waals surface area contributed by atoms with Crippen molar-refractivity contribution in [2.75, 3.05) is 7.11 Å². The number of rotatable bonds is 5. The van der Waals surface area contributed by atoms with Crippen LogP contribution in [0.25, 0.3) is 22.3 Å². The molecule has 1 aliphatic rings. The molecule has 3 aromatic rings. The summed E-state index contributed by atoms with van der Waals surface area (Å²) in [5.74, 6) is 0.643. The van der Waals surface area contributed by atoms with E-state index < -0.39 is 11.9 Å². The molecule has 144 valence electrons. The van der Waals surface area contributed by atoms with Crippen LogP contribution in [-0.4, -0.2) is 21.9 Å². The quantitative estimate of drug-likeness (QED) is 0.625. The second-order valence-corrected chi connectivity index (χ2v) is 6.75. The lowest BCUT2D eigenvalue weighted by Gasteiger charge is -2.11. The van der Waals surface area contributed by atoms with Gasteiger partial charge in [-0.05, 0) is 42.5 Å². The maximum atomic E-state index is 13.4. The van der Waals surface area contributed by atoms with Gasteiger partial charge in [-0.1, -0.05) is 12.1 Å². The topological polar surface area (TPSA) is 63.7 Å². The molecule has 1 aromatic carbocycles. The number of alkyl halides is 3. The number of para-hydroxylation sites is 1. The number of aromatic nitrogens is 3. The van der Waals surface area contributed by atoms with Crippen LogP contribution in [0, 0.1) is 11.3 Å². The molecule has 0 amide bonds. The smallest absolute Gasteiger partial charge is 0.433 e. The van der Waals surface area contributed by atoms with E-state index in [4.69, 9.17) is 10.00 Å². The van der Waals surface area contributed by atoms with Crippen molar-refractivity contribution < 1.29 is 17.9 Å². The molecule has 0 aliphatic heterocycles. The summed E-state index contributed by atoms with van der Waals surface area (Å²) in [5, 5.41) is 14.1. The highest BCUT2D eigenvalue weighted by Gasteiger charge is 2.37. The molecule has 1 aliphatic carbocycles. The van der Waals surface area contributed by atoms with E-state index in [2.05, 4.69) is 10.1 Å². The average molecular weight is 386 g/mol. The molecule has 28 heavy (non-hydrogen) atoms. The number of methoxy groups -OCH3 is 1. The van der Waals surface area contributed by atoms with Gasteiger partial charge >= 0.3 is 6.18 Å². The zero-order valence-corrected chi connectivity index (χ0v) is 15.1. The fourth-order valence-corrected chi connectivity index (χ4v) is 3.40. The monoisotopic (exact) mass is 386 g/mol. The lowest BCUT2D eigenvalue weighted by Crippen LogP contribution is -2.10. The first kappa shape index (κ1) is 18.3. The highest BCUT2D eigenvalue weighted by Crippen LogP contribution is 2.47. The van der Waals surface area contributed by atoms with Crippen molar-refractivity contribution in [1.29, 1.82) is 5.26 Å². The minimum absolute atomic E-state index is 0.0636. The molecule has 0 bridgehead atoms. The van der Waals surface area contributed by atoms with Gasteiger partial charge in [0.15, 0.2) is 5.65 Å². The molecule has 0 radical (unpaired) electrons. The van der Waals surface area contributed by atoms with Crippen molar-refractivity contribution in [1.82, 2.24) is 14.8 Å². The van der Waals surface area contributed by atoms with E-state index in [9.17, 15) is 13.2 Å². The third kappa shape index (κ3) is 3.17. The summed E-state index contributed by atoms with van der Waals surface area (Å²) in [6.45, 7) is 0.167. The molecule has 0 unspecified atom stereocenters. The number of hydrogen-bond donors (Lipinski definition) is 0. The number of fused-ring (bicyclic) bond motifs is 1. The van der Waals surface area contributed by atoms with Gasteiger partial charge in [0.25, 0.3) is 0 Å². The predicted octanol–water partition coefficient (Wildman–Crippen LogP) is 4.92. The molecule has 4 rings (SSSR count). The summed E-state index contributed by atoms with van der Waals surface area (Å²) in [6, 6.07) is 10.4. The third-order valence-corrected chi connectivity index (χ3v) is 4.84. The molecule has 0 saturated heterocycles. The van der Waals surface area contributed by atoms with Crippen LogP contribution in [0.4, 0.5) is 13.2 Å². The first-order chi connectivity index (χ1) is 13.4. The number of benzene rings is 1. The van der Waals surface area contributed by atoms with Gasteiger partial charge in [0.2, 0.25) is 0 Å². The molecule has 2 aromatic heterocycles. The number of nitriles is 1. The molecule has 1 saturated carbocycles. The third-order valence-electron chi connectivity index (χ3n) is 4.84. The van der Waals surface area contributed by atoms with Gasteiger partial charge in [-0.25, -0.2) is 9.67 Å². The van der Waals surface area contributed by atoms with Crippen LogP contribution in [-0.2, 0) is 12.7 Å². The van der Waals surface area contributed by atoms with E-state index in [1.165, 1.54) is 11.8 Å². The van der Waals surface area contributed by atoms with Crippen LogP contribution < -0.4 is 4.74 Å². The zero-order valence-electron chi connectivity index (χ0n) is 15.1. The Morgan fingerprint density at radius 2 is 2.04 bits per heavy atom. The summed E-state index contributed by atoms with van der Waals surface area (Å²) >= 11 is 0. The minimum Gasteiger partial charge on any atom is -0.496 e. The number of nitrogens with zero attached hydrogens (tertiary/aromatic N) is 4. The summed E-state index contributed by atoms with van der Waals surface area (Å²) in [6.07, 6.45) is -2.75. The Kier molecular flexibility index (Phi) is 4.46. The Bertz CT molecular complexity index is 1080. The zero-order chi connectivity index (χ0) is 19.9. The van der Waals surface area contributed by atoms with E-state index in [0.29, 0.717) is 28.0 Å². The summed E-state index contributed by atoms with van der Waals surface area (Å²) < 4.78 is 47.2. The lowest BCUT2D eigenvalue weighted by atomic mass is 10.0. The van der Waals surface area contributed by atoms with E-state index >= 15 is 0 Å². The van der Waals surface area contributed by atoms with Crippen molar-refractivity contribution >= 4 is 11.0 Å². The Balaban J connectivity index is 2.04. The van der Waals surface area contributed by atoms with Crippen molar-refractivity contribution in [2.24, 2.45) is 0 Å². The van der Waals surface area contributed by atoms with Gasteiger partial charge in [0.1, 0.15) is 17.1 Å². The summed E-state index contributed by atoms with van der Waals surface area (Å²) in [7, 11) is 1.54. The molecule has 0 atom stereocenters. The van der Waals surface area contributed by atoms with E-state index in [1.807, 2.05) is 24.3 Å². The number of aryl methyl sites for hydroxylation is 1. The van der Waals surface area contributed by atoms with Gasteiger partial charge in [0.05, 0.1) is 31.5 Å². The molecule has 1 fully saturated rings. The van der Waals surface area contributed by atoms with Crippen LogP contribution in [0.2, 0.25) is 0 Å². The maximum absolute atomic E-state index is 13.4. The second kappa shape index (κ2) is 6.82. The Morgan fingerprint density at radius 1 is 1.29 bits per heavy atom. The van der Waals surface area contributed by atoms with Crippen LogP contribution in [0.5, 0.6) is 5.75 Å². The van der Waals surface area contributed by atoms with Gasteiger partial charge < -0.3 is 4.74 Å². The predicted molar refractivity (Wildman–Crippen MR) is 96.7 cm³/mol. The Hall–Kier alpha value is -3.08. The first-order valence-electron chi connectivity index (χ1n) is 8.93. The van der Waals surface area contributed by atoms with Crippen molar-refractivity contribution in [3.8, 4) is 23.1 Å². The molecular formula is C20H17F3N4O. The average Bonchev–Trinajstić information content (AvgIpc) is 3.46. The highest BCUT2D eigenvalue weighted by molar-refractivity contribution is 5.96. The molecule has 2 heterocycles. The molecule has 0 spiro atoms. The first-order valence-corrected chi connectivity index (χ1v) is 8.93. The van der Waals surface area contributed by atoms with Crippen molar-refractivity contribution in [2.45, 2.75) is 37.9 Å². The molecule has 8 heteroatoms. The highest BCUT2D eigenvalue weighted by atomic mass is 19.4. The Morgan fingerprint density at radius 3 is 2.68 bits per heavy atom. The van der Waals surface area contributed by atoms with Crippen LogP contribution >= 0.6 is 0 Å². The largest absolute Gasteiger partial charge is 0.496 e. The lowest BCUT2D eigenvalue weighted by molar-refractivity contribution is -0.141. The number of hydrogen-bond acceptors (Lipinski definition) is 4. The van der Waals surface area contributed by atoms with Crippen molar-refractivity contribution in [3.05, 3.63) is 41.6 Å². The number of pyridine rings is 1. The second-order valence-electron chi connectivity index (χ2n) is 6.75. The number of ether oxygens (including phenoxy) is 1. The Labute approximate surface area is 159 Å². The van der Waals surface area contributed by atoms with E-state index in [0.717, 1.165) is 18.9 Å². The van der Waals surface area contributed by atoms with E-state index in [1.54, 1.807) is 6.07 Å². The van der Waals surface area contributed by atoms with Crippen LogP contribution in [0.1, 0.15) is 36.4 Å². The fraction of sp³-hybridized carbons (Fsp3) is 0.350. The molecule has 5 nitrogen and oxygen atoms in total.